The van der Waals surface area contributed by atoms with Crippen LogP contribution in [-0.4, -0.2) is 67.2 Å². The van der Waals surface area contributed by atoms with Crippen LogP contribution in [0, 0.1) is 0 Å². The van der Waals surface area contributed by atoms with Gasteiger partial charge in [0, 0.05) is 13.7 Å². The summed E-state index contributed by atoms with van der Waals surface area (Å²) >= 11 is 0. The van der Waals surface area contributed by atoms with Gasteiger partial charge in [-0.15, -0.1) is 0 Å². The number of carbonyl (C=O) groups excluding carboxylic acids is 4. The summed E-state index contributed by atoms with van der Waals surface area (Å²) in [4.78, 5) is 49.7. The average Bonchev–Trinajstić information content (AvgIpc) is 2.90. The first-order valence-corrected chi connectivity index (χ1v) is 9.41. The summed E-state index contributed by atoms with van der Waals surface area (Å²) < 4.78 is 9.86. The number of esters is 1. The summed E-state index contributed by atoms with van der Waals surface area (Å²) in [5.41, 5.74) is -0.0574. The number of benzene rings is 1. The SMILES string of the molecule is COCCNC(=O)[C@H](C)OC(=O)CN1C(=O)N[C@](C)(CCc2ccccc2)C1=O. The molecule has 0 bridgehead atoms. The zero-order valence-corrected chi connectivity index (χ0v) is 16.9. The van der Waals surface area contributed by atoms with E-state index in [0.717, 1.165) is 10.5 Å². The highest BCUT2D eigenvalue weighted by molar-refractivity contribution is 6.08. The number of aryl methyl sites for hydroxylation is 1. The van der Waals surface area contributed by atoms with E-state index in [1.165, 1.54) is 14.0 Å². The molecule has 4 amide bonds. The Morgan fingerprint density at radius 1 is 1.24 bits per heavy atom. The Bertz CT molecular complexity index is 754. The van der Waals surface area contributed by atoms with Gasteiger partial charge in [-0.25, -0.2) is 4.79 Å². The number of methoxy groups -OCH3 is 1. The number of carbonyl (C=O) groups is 4. The van der Waals surface area contributed by atoms with Gasteiger partial charge in [0.1, 0.15) is 12.1 Å². The molecule has 9 heteroatoms. The van der Waals surface area contributed by atoms with Crippen LogP contribution in [0.5, 0.6) is 0 Å². The number of nitrogens with zero attached hydrogens (tertiary/aromatic N) is 1. The van der Waals surface area contributed by atoms with E-state index in [1.807, 2.05) is 30.3 Å². The van der Waals surface area contributed by atoms with Crippen LogP contribution in [-0.2, 0) is 30.3 Å². The lowest BCUT2D eigenvalue weighted by Crippen LogP contribution is -2.45. The van der Waals surface area contributed by atoms with E-state index >= 15 is 0 Å². The van der Waals surface area contributed by atoms with Crippen LogP contribution in [0.15, 0.2) is 30.3 Å². The Labute approximate surface area is 169 Å². The minimum Gasteiger partial charge on any atom is -0.451 e. The first kappa shape index (κ1) is 22.4. The van der Waals surface area contributed by atoms with Gasteiger partial charge in [0.2, 0.25) is 0 Å². The Balaban J connectivity index is 1.88. The van der Waals surface area contributed by atoms with Crippen molar-refractivity contribution in [2.24, 2.45) is 0 Å². The molecule has 0 aromatic heterocycles. The Hall–Kier alpha value is -2.94. The molecule has 1 heterocycles. The molecule has 1 aromatic carbocycles. The predicted molar refractivity (Wildman–Crippen MR) is 104 cm³/mol. The van der Waals surface area contributed by atoms with E-state index in [1.54, 1.807) is 6.92 Å². The molecule has 0 aliphatic carbocycles. The van der Waals surface area contributed by atoms with Gasteiger partial charge in [0.05, 0.1) is 6.61 Å². The molecule has 1 aliphatic rings. The third-order valence-corrected chi connectivity index (χ3v) is 4.67. The molecule has 9 nitrogen and oxygen atoms in total. The lowest BCUT2D eigenvalue weighted by atomic mass is 9.93. The minimum atomic E-state index is -1.10. The largest absolute Gasteiger partial charge is 0.451 e. The van der Waals surface area contributed by atoms with Crippen molar-refractivity contribution in [3.8, 4) is 0 Å². The summed E-state index contributed by atoms with van der Waals surface area (Å²) in [6.45, 7) is 3.10. The highest BCUT2D eigenvalue weighted by Gasteiger charge is 2.48. The van der Waals surface area contributed by atoms with Crippen molar-refractivity contribution in [2.75, 3.05) is 26.8 Å². The second-order valence-electron chi connectivity index (χ2n) is 7.06. The molecule has 0 unspecified atom stereocenters. The molecule has 29 heavy (non-hydrogen) atoms. The number of rotatable bonds is 10. The van der Waals surface area contributed by atoms with Crippen molar-refractivity contribution in [2.45, 2.75) is 38.3 Å². The first-order valence-electron chi connectivity index (χ1n) is 9.41. The van der Waals surface area contributed by atoms with Crippen molar-refractivity contribution in [1.82, 2.24) is 15.5 Å². The molecule has 2 N–H and O–H groups in total. The standard InChI is InChI=1S/C20H27N3O6/c1-14(17(25)21-11-12-28-3)29-16(24)13-23-18(26)20(2,22-19(23)27)10-9-15-7-5-4-6-8-15/h4-8,14H,9-13H2,1-3H3,(H,21,25)(H,22,27)/t14-,20+/m0/s1. The van der Waals surface area contributed by atoms with Crippen molar-refractivity contribution in [1.29, 1.82) is 0 Å². The number of imide groups is 1. The third-order valence-electron chi connectivity index (χ3n) is 4.67. The molecule has 0 spiro atoms. The molecule has 158 valence electrons. The fourth-order valence-corrected chi connectivity index (χ4v) is 2.94. The van der Waals surface area contributed by atoms with Gasteiger partial charge >= 0.3 is 12.0 Å². The predicted octanol–water partition coefficient (Wildman–Crippen LogP) is 0.624. The number of hydrogen-bond donors (Lipinski definition) is 2. The van der Waals surface area contributed by atoms with Crippen molar-refractivity contribution >= 4 is 23.8 Å². The summed E-state index contributed by atoms with van der Waals surface area (Å²) in [5, 5.41) is 5.20. The van der Waals surface area contributed by atoms with Crippen LogP contribution in [0.4, 0.5) is 4.79 Å². The number of urea groups is 1. The van der Waals surface area contributed by atoms with Crippen LogP contribution in [0.3, 0.4) is 0 Å². The van der Waals surface area contributed by atoms with Crippen LogP contribution < -0.4 is 10.6 Å². The van der Waals surface area contributed by atoms with E-state index in [4.69, 9.17) is 9.47 Å². The number of ether oxygens (including phenoxy) is 2. The smallest absolute Gasteiger partial charge is 0.327 e. The summed E-state index contributed by atoms with van der Waals surface area (Å²) in [6, 6.07) is 8.94. The van der Waals surface area contributed by atoms with Gasteiger partial charge < -0.3 is 20.1 Å². The van der Waals surface area contributed by atoms with Crippen LogP contribution in [0.1, 0.15) is 25.8 Å². The molecule has 1 aromatic rings. The zero-order valence-electron chi connectivity index (χ0n) is 16.9. The summed E-state index contributed by atoms with van der Waals surface area (Å²) in [5.74, 6) is -1.82. The van der Waals surface area contributed by atoms with E-state index in [-0.39, 0.29) is 6.54 Å². The fourth-order valence-electron chi connectivity index (χ4n) is 2.94. The monoisotopic (exact) mass is 405 g/mol. The molecule has 1 saturated heterocycles. The second kappa shape index (κ2) is 10.0. The Morgan fingerprint density at radius 3 is 2.59 bits per heavy atom. The maximum atomic E-state index is 12.7. The Kier molecular flexibility index (Phi) is 7.72. The molecule has 0 radical (unpaired) electrons. The zero-order chi connectivity index (χ0) is 21.4. The van der Waals surface area contributed by atoms with Gasteiger partial charge in [-0.05, 0) is 32.3 Å². The fraction of sp³-hybridized carbons (Fsp3) is 0.500. The quantitative estimate of drug-likeness (QED) is 0.335. The van der Waals surface area contributed by atoms with Gasteiger partial charge in [-0.3, -0.25) is 19.3 Å². The average molecular weight is 405 g/mol. The number of hydrogen-bond acceptors (Lipinski definition) is 6. The minimum absolute atomic E-state index is 0.282. The molecule has 1 fully saturated rings. The molecule has 0 saturated carbocycles. The Morgan fingerprint density at radius 2 is 1.93 bits per heavy atom. The molecule has 1 aliphatic heterocycles. The lowest BCUT2D eigenvalue weighted by Gasteiger charge is -2.21. The van der Waals surface area contributed by atoms with Crippen molar-refractivity contribution in [3.05, 3.63) is 35.9 Å². The maximum absolute atomic E-state index is 12.7. The normalized spacial score (nSPS) is 19.6. The van der Waals surface area contributed by atoms with Gasteiger partial charge in [-0.2, -0.15) is 0 Å². The highest BCUT2D eigenvalue weighted by Crippen LogP contribution is 2.23. The van der Waals surface area contributed by atoms with E-state index in [0.29, 0.717) is 19.4 Å². The first-order chi connectivity index (χ1) is 13.8. The van der Waals surface area contributed by atoms with E-state index in [9.17, 15) is 19.2 Å². The number of nitrogens with one attached hydrogen (secondary N) is 2. The molecular weight excluding hydrogens is 378 g/mol. The van der Waals surface area contributed by atoms with Crippen LogP contribution in [0.25, 0.3) is 0 Å². The van der Waals surface area contributed by atoms with Gasteiger partial charge in [0.15, 0.2) is 6.10 Å². The third kappa shape index (κ3) is 6.02. The molecule has 2 rings (SSSR count). The molecule has 2 atom stereocenters. The number of amides is 4. The topological polar surface area (TPSA) is 114 Å². The van der Waals surface area contributed by atoms with E-state index < -0.39 is 42.0 Å². The summed E-state index contributed by atoms with van der Waals surface area (Å²) in [7, 11) is 1.50. The second-order valence-corrected chi connectivity index (χ2v) is 7.06. The van der Waals surface area contributed by atoms with Crippen molar-refractivity contribution < 1.29 is 28.7 Å². The van der Waals surface area contributed by atoms with E-state index in [2.05, 4.69) is 10.6 Å². The van der Waals surface area contributed by atoms with Gasteiger partial charge in [-0.1, -0.05) is 30.3 Å². The van der Waals surface area contributed by atoms with Gasteiger partial charge in [0.25, 0.3) is 11.8 Å². The highest BCUT2D eigenvalue weighted by atomic mass is 16.5. The maximum Gasteiger partial charge on any atom is 0.327 e. The molecular formula is C20H27N3O6. The van der Waals surface area contributed by atoms with Crippen LogP contribution >= 0.6 is 0 Å². The lowest BCUT2D eigenvalue weighted by molar-refractivity contribution is -0.156. The summed E-state index contributed by atoms with van der Waals surface area (Å²) in [6.07, 6.45) is -0.0595. The van der Waals surface area contributed by atoms with Crippen LogP contribution in [0.2, 0.25) is 0 Å². The van der Waals surface area contributed by atoms with Crippen molar-refractivity contribution in [3.63, 3.8) is 0 Å².